The molecular weight excluding hydrogens is 307 g/mol. The van der Waals surface area contributed by atoms with Crippen molar-refractivity contribution in [2.45, 2.75) is 16.7 Å². The van der Waals surface area contributed by atoms with Crippen molar-refractivity contribution in [1.29, 1.82) is 0 Å². The van der Waals surface area contributed by atoms with Crippen molar-refractivity contribution < 1.29 is 30.7 Å². The molecule has 1 nitrogen and oxygen atoms in total. The normalized spacial score (nSPS) is 15.6. The number of halogens is 7. The largest absolute Gasteiger partial charge is 0.401 e. The van der Waals surface area contributed by atoms with E-state index in [0.717, 1.165) is 0 Å². The molecule has 1 rings (SSSR count). The molecule has 0 saturated heterocycles. The lowest BCUT2D eigenvalue weighted by atomic mass is 10.2. The van der Waals surface area contributed by atoms with Gasteiger partial charge in [-0.15, -0.1) is 0 Å². The van der Waals surface area contributed by atoms with Gasteiger partial charge in [0.25, 0.3) is 5.95 Å². The third-order valence-electron chi connectivity index (χ3n) is 1.92. The summed E-state index contributed by atoms with van der Waals surface area (Å²) < 4.78 is 88.0. The van der Waals surface area contributed by atoms with Crippen LogP contribution in [0.1, 0.15) is 10.9 Å². The third kappa shape index (κ3) is 2.85. The van der Waals surface area contributed by atoms with E-state index in [0.29, 0.717) is 0 Å². The van der Waals surface area contributed by atoms with E-state index in [1.807, 2.05) is 0 Å². The van der Waals surface area contributed by atoms with E-state index in [1.54, 1.807) is 0 Å². The number of aromatic nitrogens is 1. The Balaban J connectivity index is 3.27. The molecule has 0 spiro atoms. The molecule has 0 radical (unpaired) electrons. The average molecular weight is 311 g/mol. The fourth-order valence-electron chi connectivity index (χ4n) is 1.03. The average Bonchev–Trinajstić information content (AvgIpc) is 2.28. The van der Waals surface area contributed by atoms with E-state index < -0.39 is 45.8 Å². The number of rotatable bonds is 2. The van der Waals surface area contributed by atoms with Crippen LogP contribution in [0, 0.1) is 23.4 Å². The Hall–Kier alpha value is -0.640. The first-order chi connectivity index (χ1) is 8.07. The maximum atomic E-state index is 13.1. The molecule has 2 unspecified atom stereocenters. The van der Waals surface area contributed by atoms with E-state index in [9.17, 15) is 30.7 Å². The zero-order chi connectivity index (χ0) is 14.2. The van der Waals surface area contributed by atoms with Crippen LogP contribution in [0.5, 0.6) is 0 Å². The molecule has 0 aliphatic heterocycles. The number of pyridine rings is 1. The molecule has 10 heteroatoms. The van der Waals surface area contributed by atoms with Gasteiger partial charge in [0.1, 0.15) is 5.25 Å². The smallest absolute Gasteiger partial charge is 0.218 e. The highest BCUT2D eigenvalue weighted by atomic mass is 32.1. The molecule has 102 valence electrons. The second kappa shape index (κ2) is 5.16. The highest BCUT2D eigenvalue weighted by Crippen LogP contribution is 2.38. The monoisotopic (exact) mass is 311 g/mol. The molecule has 0 bridgehead atoms. The molecule has 18 heavy (non-hydrogen) atoms. The SMILES string of the molecule is Fc1nc(C(S)C(S)C(F)(F)F)c(F)c(F)c1F. The summed E-state index contributed by atoms with van der Waals surface area (Å²) in [6, 6.07) is 0. The molecule has 1 aromatic heterocycles. The van der Waals surface area contributed by atoms with Gasteiger partial charge in [-0.2, -0.15) is 47.2 Å². The van der Waals surface area contributed by atoms with Gasteiger partial charge in [0.15, 0.2) is 5.82 Å². The molecule has 0 fully saturated rings. The first kappa shape index (κ1) is 15.4. The lowest BCUT2D eigenvalue weighted by Gasteiger charge is -2.21. The van der Waals surface area contributed by atoms with Crippen molar-refractivity contribution in [3.05, 3.63) is 29.1 Å². The summed E-state index contributed by atoms with van der Waals surface area (Å²) in [5, 5.41) is -4.61. The fraction of sp³-hybridized carbons (Fsp3) is 0.375. The van der Waals surface area contributed by atoms with Gasteiger partial charge in [-0.1, -0.05) is 0 Å². The Morgan fingerprint density at radius 2 is 1.39 bits per heavy atom. The summed E-state index contributed by atoms with van der Waals surface area (Å²) in [6.45, 7) is 0. The molecule has 0 amide bonds. The minimum absolute atomic E-state index is 1.30. The first-order valence-electron chi connectivity index (χ1n) is 4.20. The summed E-state index contributed by atoms with van der Waals surface area (Å²) in [4.78, 5) is 2.59. The highest BCUT2D eigenvalue weighted by molar-refractivity contribution is 7.85. The predicted octanol–water partition coefficient (Wildman–Crippen LogP) is 3.47. The van der Waals surface area contributed by atoms with Gasteiger partial charge in [0.2, 0.25) is 11.6 Å². The van der Waals surface area contributed by atoms with Crippen LogP contribution in [-0.2, 0) is 0 Å². The number of alkyl halides is 3. The van der Waals surface area contributed by atoms with Gasteiger partial charge >= 0.3 is 6.18 Å². The van der Waals surface area contributed by atoms with Crippen LogP contribution in [0.3, 0.4) is 0 Å². The second-order valence-corrected chi connectivity index (χ2v) is 4.27. The molecule has 0 saturated carbocycles. The van der Waals surface area contributed by atoms with Crippen molar-refractivity contribution in [3.8, 4) is 0 Å². The zero-order valence-electron chi connectivity index (χ0n) is 8.14. The molecule has 0 N–H and O–H groups in total. The molecular formula is C8H4F7NS2. The summed E-state index contributed by atoms with van der Waals surface area (Å²) in [7, 11) is 0. The van der Waals surface area contributed by atoms with Gasteiger partial charge in [0.05, 0.1) is 10.9 Å². The topological polar surface area (TPSA) is 12.9 Å². The number of nitrogens with zero attached hydrogens (tertiary/aromatic N) is 1. The van der Waals surface area contributed by atoms with Crippen molar-refractivity contribution in [2.75, 3.05) is 0 Å². The van der Waals surface area contributed by atoms with E-state index in [-0.39, 0.29) is 0 Å². The first-order valence-corrected chi connectivity index (χ1v) is 5.23. The summed E-state index contributed by atoms with van der Waals surface area (Å²) >= 11 is 6.46. The Labute approximate surface area is 107 Å². The second-order valence-electron chi connectivity index (χ2n) is 3.16. The van der Waals surface area contributed by atoms with E-state index in [4.69, 9.17) is 0 Å². The molecule has 0 aliphatic carbocycles. The van der Waals surface area contributed by atoms with Gasteiger partial charge < -0.3 is 0 Å². The van der Waals surface area contributed by atoms with Gasteiger partial charge in [-0.25, -0.2) is 13.8 Å². The molecule has 1 heterocycles. The molecule has 0 aliphatic rings. The number of hydrogen-bond acceptors (Lipinski definition) is 3. The standard InChI is InChI=1S/C8H4F7NS2/c9-1-2(10)4(16-7(12)3(1)11)5(17)6(18)8(13,14)15/h5-6,17-18H. The lowest BCUT2D eigenvalue weighted by Crippen LogP contribution is -2.29. The van der Waals surface area contributed by atoms with E-state index in [2.05, 4.69) is 30.2 Å². The minimum atomic E-state index is -4.90. The maximum Gasteiger partial charge on any atom is 0.401 e. The maximum absolute atomic E-state index is 13.1. The Kier molecular flexibility index (Phi) is 4.42. The van der Waals surface area contributed by atoms with Crippen LogP contribution < -0.4 is 0 Å². The van der Waals surface area contributed by atoms with Crippen LogP contribution in [0.4, 0.5) is 30.7 Å². The van der Waals surface area contributed by atoms with Crippen LogP contribution in [0.2, 0.25) is 0 Å². The molecule has 2 atom stereocenters. The molecule has 1 aromatic rings. The quantitative estimate of drug-likeness (QED) is 0.484. The van der Waals surface area contributed by atoms with Crippen molar-refractivity contribution in [2.24, 2.45) is 0 Å². The van der Waals surface area contributed by atoms with Crippen molar-refractivity contribution in [1.82, 2.24) is 4.98 Å². The van der Waals surface area contributed by atoms with Gasteiger partial charge in [-0.05, 0) is 0 Å². The minimum Gasteiger partial charge on any atom is -0.218 e. The number of thiol groups is 2. The van der Waals surface area contributed by atoms with Crippen LogP contribution >= 0.6 is 25.3 Å². The Morgan fingerprint density at radius 1 is 0.889 bits per heavy atom. The summed E-state index contributed by atoms with van der Waals surface area (Å²) in [5.41, 5.74) is -1.30. The summed E-state index contributed by atoms with van der Waals surface area (Å²) in [6.07, 6.45) is -4.90. The lowest BCUT2D eigenvalue weighted by molar-refractivity contribution is -0.128. The Bertz CT molecular complexity index is 462. The van der Waals surface area contributed by atoms with Crippen molar-refractivity contribution in [3.63, 3.8) is 0 Å². The highest BCUT2D eigenvalue weighted by Gasteiger charge is 2.43. The van der Waals surface area contributed by atoms with Crippen LogP contribution in [-0.4, -0.2) is 16.4 Å². The number of hydrogen-bond donors (Lipinski definition) is 2. The van der Waals surface area contributed by atoms with Gasteiger partial charge in [-0.3, -0.25) is 0 Å². The van der Waals surface area contributed by atoms with E-state index in [1.165, 1.54) is 0 Å². The van der Waals surface area contributed by atoms with Gasteiger partial charge in [0, 0.05) is 0 Å². The molecule has 0 aromatic carbocycles. The fourth-order valence-corrected chi connectivity index (χ4v) is 1.51. The third-order valence-corrected chi connectivity index (χ3v) is 3.29. The van der Waals surface area contributed by atoms with Crippen LogP contribution in [0.15, 0.2) is 0 Å². The van der Waals surface area contributed by atoms with Crippen LogP contribution in [0.25, 0.3) is 0 Å². The zero-order valence-corrected chi connectivity index (χ0v) is 9.93. The van der Waals surface area contributed by atoms with E-state index >= 15 is 0 Å². The predicted molar refractivity (Wildman–Crippen MR) is 54.6 cm³/mol. The van der Waals surface area contributed by atoms with Crippen molar-refractivity contribution >= 4 is 25.3 Å². The Morgan fingerprint density at radius 3 is 1.83 bits per heavy atom. The summed E-state index contributed by atoms with van der Waals surface area (Å²) in [5.74, 6) is -8.54.